The molecule has 5 atom stereocenters. The van der Waals surface area contributed by atoms with Gasteiger partial charge in [-0.15, -0.1) is 0 Å². The van der Waals surface area contributed by atoms with Gasteiger partial charge >= 0.3 is 6.18 Å². The Morgan fingerprint density at radius 2 is 1.62 bits per heavy atom. The largest absolute Gasteiger partial charge is 0.494 e. The molecule has 6 rings (SSSR count). The fourth-order valence-electron chi connectivity index (χ4n) is 8.97. The minimum Gasteiger partial charge on any atom is -0.494 e. The van der Waals surface area contributed by atoms with Crippen LogP contribution in [0, 0.1) is 16.7 Å². The van der Waals surface area contributed by atoms with E-state index < -0.39 is 52.3 Å². The number of likely N-dealkylation sites (tertiary alicyclic amines) is 1. The molecule has 3 aromatic rings. The van der Waals surface area contributed by atoms with Gasteiger partial charge in [-0.05, 0) is 138 Å². The second kappa shape index (κ2) is 22.4. The molecule has 4 amide bonds. The van der Waals surface area contributed by atoms with E-state index in [4.69, 9.17) is 26.4 Å². The first-order valence-electron chi connectivity index (χ1n) is 23.6. The second-order valence-electron chi connectivity index (χ2n) is 19.3. The first-order chi connectivity index (χ1) is 32.7. The molecule has 0 aromatic heterocycles. The van der Waals surface area contributed by atoms with Gasteiger partial charge in [0.2, 0.25) is 17.7 Å². The Balaban J connectivity index is 0.908. The summed E-state index contributed by atoms with van der Waals surface area (Å²) in [6, 6.07) is 17.3. The van der Waals surface area contributed by atoms with Crippen molar-refractivity contribution in [1.29, 1.82) is 5.26 Å². The number of anilines is 2. The first kappa shape index (κ1) is 52.8. The highest BCUT2D eigenvalue weighted by molar-refractivity contribution is 7.81. The average Bonchev–Trinajstić information content (AvgIpc) is 3.99. The molecule has 0 spiro atoms. The van der Waals surface area contributed by atoms with Crippen molar-refractivity contribution < 1.29 is 46.6 Å². The van der Waals surface area contributed by atoms with Crippen LogP contribution in [0.15, 0.2) is 66.7 Å². The molecule has 2 saturated heterocycles. The second-order valence-corrected chi connectivity index (χ2v) is 19.7. The van der Waals surface area contributed by atoms with E-state index in [0.29, 0.717) is 70.1 Å². The van der Waals surface area contributed by atoms with Crippen LogP contribution in [0.5, 0.6) is 5.75 Å². The number of carbonyl (C=O) groups excluding carboxylic acids is 4. The van der Waals surface area contributed by atoms with E-state index in [9.17, 15) is 37.6 Å². The van der Waals surface area contributed by atoms with Crippen LogP contribution in [0.25, 0.3) is 0 Å². The van der Waals surface area contributed by atoms with Crippen molar-refractivity contribution in [3.8, 4) is 11.8 Å². The Bertz CT molecular complexity index is 2390. The van der Waals surface area contributed by atoms with Gasteiger partial charge < -0.3 is 40.0 Å². The quantitative estimate of drug-likeness (QED) is 0.0765. The van der Waals surface area contributed by atoms with Crippen molar-refractivity contribution in [2.75, 3.05) is 49.8 Å². The fourth-order valence-corrected chi connectivity index (χ4v) is 9.49. The van der Waals surface area contributed by atoms with Crippen molar-refractivity contribution in [2.45, 2.75) is 128 Å². The highest BCUT2D eigenvalue weighted by Crippen LogP contribution is 2.40. The smallest absolute Gasteiger partial charge is 0.417 e. The average molecular weight is 976 g/mol. The summed E-state index contributed by atoms with van der Waals surface area (Å²) in [5, 5.41) is 18.3. The highest BCUT2D eigenvalue weighted by atomic mass is 32.1. The van der Waals surface area contributed by atoms with Crippen molar-refractivity contribution in [3.63, 3.8) is 0 Å². The monoisotopic (exact) mass is 975 g/mol. The zero-order valence-corrected chi connectivity index (χ0v) is 41.2. The van der Waals surface area contributed by atoms with Crippen LogP contribution in [0.3, 0.4) is 0 Å². The van der Waals surface area contributed by atoms with Gasteiger partial charge in [-0.2, -0.15) is 18.4 Å². The van der Waals surface area contributed by atoms with Gasteiger partial charge in [0.1, 0.15) is 23.4 Å². The summed E-state index contributed by atoms with van der Waals surface area (Å²) in [5.41, 5.74) is -0.874. The maximum absolute atomic E-state index is 14.0. The molecule has 18 heteroatoms. The molecule has 0 saturated carbocycles. The van der Waals surface area contributed by atoms with Crippen LogP contribution < -0.4 is 30.5 Å². The predicted molar refractivity (Wildman–Crippen MR) is 259 cm³/mol. The molecule has 2 aliphatic heterocycles. The van der Waals surface area contributed by atoms with Crippen molar-refractivity contribution in [2.24, 2.45) is 5.41 Å². The number of rotatable bonds is 20. The minimum atomic E-state index is -4.79. The van der Waals surface area contributed by atoms with E-state index in [1.807, 2.05) is 45.0 Å². The number of likely N-dealkylation sites (N-methyl/N-ethyl adjacent to an activating group) is 1. The number of fused-ring (bicyclic) bond motifs is 1. The van der Waals surface area contributed by atoms with Gasteiger partial charge in [0.05, 0.1) is 47.7 Å². The Kier molecular flexibility index (Phi) is 17.1. The molecule has 2 heterocycles. The van der Waals surface area contributed by atoms with Gasteiger partial charge in [-0.25, -0.2) is 0 Å². The van der Waals surface area contributed by atoms with E-state index in [2.05, 4.69) is 16.0 Å². The molecule has 1 aliphatic carbocycles. The van der Waals surface area contributed by atoms with E-state index in [1.54, 1.807) is 68.0 Å². The number of hydrogen-bond donors (Lipinski definition) is 3. The number of carbonyl (C=O) groups is 4. The number of nitrogens with one attached hydrogen (secondary N) is 3. The lowest BCUT2D eigenvalue weighted by Crippen LogP contribution is -2.59. The molecule has 14 nitrogen and oxygen atoms in total. The number of alkyl halides is 3. The molecular formula is C51H64F3N7O7S. The zero-order valence-electron chi connectivity index (χ0n) is 40.4. The molecular weight excluding hydrogens is 912 g/mol. The van der Waals surface area contributed by atoms with Gasteiger partial charge in [0, 0.05) is 38.5 Å². The molecule has 372 valence electrons. The topological polar surface area (TPSA) is 166 Å². The number of unbranched alkanes of at least 4 members (excludes halogenated alkanes) is 2. The number of halogens is 3. The third-order valence-corrected chi connectivity index (χ3v) is 13.3. The number of hydrogen-bond acceptors (Lipinski definition) is 10. The third kappa shape index (κ3) is 12.2. The van der Waals surface area contributed by atoms with Crippen LogP contribution >= 0.6 is 12.2 Å². The summed E-state index contributed by atoms with van der Waals surface area (Å²) >= 11 is 5.64. The summed E-state index contributed by atoms with van der Waals surface area (Å²) in [6.07, 6.45) is -0.0459. The summed E-state index contributed by atoms with van der Waals surface area (Å²) in [7, 11) is 1.69. The molecule has 3 aromatic carbocycles. The van der Waals surface area contributed by atoms with E-state index in [0.717, 1.165) is 47.4 Å². The molecule has 69 heavy (non-hydrogen) atoms. The number of thiocarbonyl (C=S) groups is 1. The van der Waals surface area contributed by atoms with E-state index in [1.165, 1.54) is 6.07 Å². The number of ether oxygens (including phenoxy) is 3. The third-order valence-electron chi connectivity index (χ3n) is 13.0. The maximum Gasteiger partial charge on any atom is 0.417 e. The summed E-state index contributed by atoms with van der Waals surface area (Å²) in [5.74, 6) is -0.674. The fraction of sp³-hybridized carbons (Fsp3) is 0.529. The summed E-state index contributed by atoms with van der Waals surface area (Å²) in [6.45, 7) is 13.2. The standard InChI is InChI=1S/C51H64F3N7O7S/c1-32(56-7)44(62)58-43(49(2,3)4)46(64)59-24-13-17-40(59)45(63)57-42-38-16-10-9-15-33(38)29-41(42)68-28-14-26-66-25-11-8-12-27-67-37-22-20-35(21-23-37)61-48(69)60(47(65)50(61,5)6)36-19-18-34(31-55)39(30-36)51(52,53)54/h9-10,15-16,18-23,30,32,40-43,56H,8,11-14,17,24-29H2,1-7H3,(H,57,63)(H,58,62)/t32?,40?,41-,42+,43?/m1/s1. The van der Waals surface area contributed by atoms with Crippen LogP contribution in [0.2, 0.25) is 0 Å². The number of benzene rings is 3. The van der Waals surface area contributed by atoms with Crippen LogP contribution in [0.4, 0.5) is 24.5 Å². The molecule has 3 aliphatic rings. The molecule has 0 bridgehead atoms. The van der Waals surface area contributed by atoms with Gasteiger partial charge in [-0.3, -0.25) is 24.1 Å². The summed E-state index contributed by atoms with van der Waals surface area (Å²) in [4.78, 5) is 58.7. The van der Waals surface area contributed by atoms with Gasteiger partial charge in [0.15, 0.2) is 5.11 Å². The first-order valence-corrected chi connectivity index (χ1v) is 24.0. The summed E-state index contributed by atoms with van der Waals surface area (Å²) < 4.78 is 59.4. The Morgan fingerprint density at radius 3 is 2.30 bits per heavy atom. The van der Waals surface area contributed by atoms with Crippen LogP contribution in [-0.2, 0) is 41.2 Å². The van der Waals surface area contributed by atoms with Crippen molar-refractivity contribution in [3.05, 3.63) is 89.0 Å². The molecule has 3 unspecified atom stereocenters. The number of amides is 4. The highest BCUT2D eigenvalue weighted by Gasteiger charge is 2.51. The predicted octanol–water partition coefficient (Wildman–Crippen LogP) is 7.38. The van der Waals surface area contributed by atoms with E-state index >= 15 is 0 Å². The number of nitrogens with zero attached hydrogens (tertiary/aromatic N) is 4. The molecule has 2 fully saturated rings. The molecule has 0 radical (unpaired) electrons. The van der Waals surface area contributed by atoms with Crippen LogP contribution in [0.1, 0.15) is 108 Å². The zero-order chi connectivity index (χ0) is 50.3. The van der Waals surface area contributed by atoms with Crippen molar-refractivity contribution >= 4 is 52.3 Å². The lowest BCUT2D eigenvalue weighted by Gasteiger charge is -2.36. The lowest BCUT2D eigenvalue weighted by atomic mass is 9.85. The maximum atomic E-state index is 14.0. The number of nitriles is 1. The van der Waals surface area contributed by atoms with Gasteiger partial charge in [0.25, 0.3) is 5.91 Å². The lowest BCUT2D eigenvalue weighted by molar-refractivity contribution is -0.144. The normalized spacial score (nSPS) is 19.8. The van der Waals surface area contributed by atoms with E-state index in [-0.39, 0.29) is 40.7 Å². The molecule has 3 N–H and O–H groups in total. The van der Waals surface area contributed by atoms with Crippen molar-refractivity contribution in [1.82, 2.24) is 20.9 Å². The minimum absolute atomic E-state index is 0.0128. The Hall–Kier alpha value is -5.61. The SMILES string of the molecule is CNC(C)C(=O)NC(C(=O)N1CCCC1C(=O)N[C@H]1c2ccccc2C[C@H]1OCCCOCCCCCOc1ccc(N2C(=S)N(c3ccc(C#N)c(C(F)(F)F)c3)C(=O)C2(C)C)cc1)C(C)(C)C. The Labute approximate surface area is 408 Å². The van der Waals surface area contributed by atoms with Gasteiger partial charge in [-0.1, -0.05) is 45.0 Å². The Morgan fingerprint density at radius 1 is 0.942 bits per heavy atom. The van der Waals surface area contributed by atoms with Crippen LogP contribution in [-0.4, -0.2) is 103 Å².